The van der Waals surface area contributed by atoms with Crippen LogP contribution in [0.25, 0.3) is 0 Å². The zero-order valence-electron chi connectivity index (χ0n) is 10.5. The van der Waals surface area contributed by atoms with E-state index in [4.69, 9.17) is 0 Å². The third-order valence-electron chi connectivity index (χ3n) is 5.39. The summed E-state index contributed by atoms with van der Waals surface area (Å²) in [6.45, 7) is 0.887. The molecule has 1 N–H and O–H groups in total. The van der Waals surface area contributed by atoms with Crippen LogP contribution in [-0.2, 0) is 0 Å². The molecular weight excluding hydrogens is 222 g/mol. The molecule has 2 bridgehead atoms. The van der Waals surface area contributed by atoms with Crippen molar-refractivity contribution in [3.05, 3.63) is 35.9 Å². The van der Waals surface area contributed by atoms with Crippen LogP contribution in [0.2, 0.25) is 0 Å². The normalized spacial score (nSPS) is 39.4. The summed E-state index contributed by atoms with van der Waals surface area (Å²) in [6, 6.07) is 9.54. The van der Waals surface area contributed by atoms with Crippen LogP contribution < -0.4 is 5.32 Å². The van der Waals surface area contributed by atoms with Crippen LogP contribution in [0.4, 0.5) is 0 Å². The lowest BCUT2D eigenvalue weighted by Gasteiger charge is -2.21. The van der Waals surface area contributed by atoms with E-state index in [9.17, 15) is 4.79 Å². The van der Waals surface area contributed by atoms with Gasteiger partial charge < -0.3 is 5.32 Å². The third kappa shape index (κ3) is 1.58. The molecule has 1 aromatic rings. The van der Waals surface area contributed by atoms with E-state index in [0.29, 0.717) is 0 Å². The Balaban J connectivity index is 1.36. The molecule has 4 rings (SSSR count). The molecule has 5 atom stereocenters. The molecule has 1 aromatic carbocycles. The van der Waals surface area contributed by atoms with Gasteiger partial charge in [0.1, 0.15) is 0 Å². The Hall–Kier alpha value is -1.31. The molecule has 18 heavy (non-hydrogen) atoms. The van der Waals surface area contributed by atoms with Gasteiger partial charge in [-0.1, -0.05) is 18.2 Å². The zero-order valence-corrected chi connectivity index (χ0v) is 10.5. The summed E-state index contributed by atoms with van der Waals surface area (Å²) >= 11 is 0. The molecule has 3 aliphatic carbocycles. The summed E-state index contributed by atoms with van der Waals surface area (Å²) in [5.74, 6) is 4.88. The zero-order chi connectivity index (χ0) is 12.1. The SMILES string of the molecule is O=C(NCC1CC2CC1C1CC21)c1ccccc1. The van der Waals surface area contributed by atoms with E-state index in [2.05, 4.69) is 5.32 Å². The summed E-state index contributed by atoms with van der Waals surface area (Å²) in [4.78, 5) is 12.0. The molecule has 2 nitrogen and oxygen atoms in total. The smallest absolute Gasteiger partial charge is 0.251 e. The minimum absolute atomic E-state index is 0.0886. The molecule has 2 heteroatoms. The molecule has 0 radical (unpaired) electrons. The van der Waals surface area contributed by atoms with Gasteiger partial charge in [0.25, 0.3) is 5.91 Å². The maximum Gasteiger partial charge on any atom is 0.251 e. The molecule has 0 heterocycles. The molecule has 0 saturated heterocycles. The topological polar surface area (TPSA) is 29.1 Å². The lowest BCUT2D eigenvalue weighted by atomic mass is 9.88. The number of benzene rings is 1. The van der Waals surface area contributed by atoms with Crippen LogP contribution in [0.15, 0.2) is 30.3 Å². The summed E-state index contributed by atoms with van der Waals surface area (Å²) in [7, 11) is 0. The van der Waals surface area contributed by atoms with E-state index in [-0.39, 0.29) is 5.91 Å². The number of amides is 1. The standard InChI is InChI=1S/C16H19NO/c18-16(10-4-2-1-3-5-10)17-9-12-6-11-7-13(12)15-8-14(11)15/h1-5,11-15H,6-9H2,(H,17,18). The molecule has 1 amide bonds. The summed E-state index contributed by atoms with van der Waals surface area (Å²) in [5.41, 5.74) is 0.782. The molecule has 5 unspecified atom stereocenters. The molecular formula is C16H19NO. The highest BCUT2D eigenvalue weighted by molar-refractivity contribution is 5.94. The van der Waals surface area contributed by atoms with Gasteiger partial charge in [-0.2, -0.15) is 0 Å². The van der Waals surface area contributed by atoms with E-state index >= 15 is 0 Å². The van der Waals surface area contributed by atoms with Gasteiger partial charge in [0, 0.05) is 12.1 Å². The third-order valence-corrected chi connectivity index (χ3v) is 5.39. The fourth-order valence-corrected chi connectivity index (χ4v) is 4.50. The van der Waals surface area contributed by atoms with Crippen molar-refractivity contribution < 1.29 is 4.79 Å². The Morgan fingerprint density at radius 2 is 1.89 bits per heavy atom. The van der Waals surface area contributed by atoms with Crippen LogP contribution in [0.5, 0.6) is 0 Å². The van der Waals surface area contributed by atoms with Crippen molar-refractivity contribution in [2.24, 2.45) is 29.6 Å². The first kappa shape index (κ1) is 10.6. The van der Waals surface area contributed by atoms with Crippen molar-refractivity contribution in [2.75, 3.05) is 6.54 Å². The average molecular weight is 241 g/mol. The number of nitrogens with one attached hydrogen (secondary N) is 1. The average Bonchev–Trinajstić information content (AvgIpc) is 3.03. The molecule has 3 saturated carbocycles. The van der Waals surface area contributed by atoms with Gasteiger partial charge in [0.05, 0.1) is 0 Å². The molecule has 0 aromatic heterocycles. The van der Waals surface area contributed by atoms with Crippen LogP contribution in [0, 0.1) is 29.6 Å². The Morgan fingerprint density at radius 1 is 1.06 bits per heavy atom. The summed E-state index contributed by atoms with van der Waals surface area (Å²) in [6.07, 6.45) is 4.29. The lowest BCUT2D eigenvalue weighted by molar-refractivity contribution is 0.0941. The molecule has 3 aliphatic rings. The van der Waals surface area contributed by atoms with Gasteiger partial charge in [-0.3, -0.25) is 4.79 Å². The second kappa shape index (κ2) is 3.84. The van der Waals surface area contributed by atoms with Gasteiger partial charge in [-0.15, -0.1) is 0 Å². The fourth-order valence-electron chi connectivity index (χ4n) is 4.50. The monoisotopic (exact) mass is 241 g/mol. The van der Waals surface area contributed by atoms with E-state index < -0.39 is 0 Å². The molecule has 3 fully saturated rings. The molecule has 94 valence electrons. The van der Waals surface area contributed by atoms with Crippen LogP contribution in [0.3, 0.4) is 0 Å². The van der Waals surface area contributed by atoms with Crippen LogP contribution in [0.1, 0.15) is 29.6 Å². The molecule has 0 aliphatic heterocycles. The number of fused-ring (bicyclic) bond motifs is 5. The lowest BCUT2D eigenvalue weighted by Crippen LogP contribution is -2.32. The molecule has 0 spiro atoms. The highest BCUT2D eigenvalue weighted by atomic mass is 16.1. The highest BCUT2D eigenvalue weighted by Gasteiger charge is 2.60. The van der Waals surface area contributed by atoms with Gasteiger partial charge in [-0.05, 0) is 61.0 Å². The quantitative estimate of drug-likeness (QED) is 0.866. The maximum absolute atomic E-state index is 12.0. The Kier molecular flexibility index (Phi) is 2.26. The first-order valence-corrected chi connectivity index (χ1v) is 7.16. The first-order chi connectivity index (χ1) is 8.83. The number of rotatable bonds is 3. The summed E-state index contributed by atoms with van der Waals surface area (Å²) < 4.78 is 0. The largest absolute Gasteiger partial charge is 0.352 e. The van der Waals surface area contributed by atoms with Crippen LogP contribution >= 0.6 is 0 Å². The second-order valence-electron chi connectivity index (χ2n) is 6.29. The van der Waals surface area contributed by atoms with Gasteiger partial charge in [0.15, 0.2) is 0 Å². The van der Waals surface area contributed by atoms with Crippen molar-refractivity contribution in [3.63, 3.8) is 0 Å². The van der Waals surface area contributed by atoms with Gasteiger partial charge in [0.2, 0.25) is 0 Å². The Labute approximate surface area is 108 Å². The van der Waals surface area contributed by atoms with Crippen molar-refractivity contribution in [3.8, 4) is 0 Å². The number of hydrogen-bond donors (Lipinski definition) is 1. The van der Waals surface area contributed by atoms with Crippen LogP contribution in [-0.4, -0.2) is 12.5 Å². The number of carbonyl (C=O) groups excluding carboxylic acids is 1. The van der Waals surface area contributed by atoms with Crippen molar-refractivity contribution >= 4 is 5.91 Å². The van der Waals surface area contributed by atoms with E-state index in [0.717, 1.165) is 41.7 Å². The van der Waals surface area contributed by atoms with E-state index in [1.807, 2.05) is 30.3 Å². The number of carbonyl (C=O) groups is 1. The van der Waals surface area contributed by atoms with Crippen molar-refractivity contribution in [1.82, 2.24) is 5.32 Å². The highest BCUT2D eigenvalue weighted by Crippen LogP contribution is 2.67. The summed E-state index contributed by atoms with van der Waals surface area (Å²) in [5, 5.41) is 3.13. The Morgan fingerprint density at radius 3 is 2.61 bits per heavy atom. The number of hydrogen-bond acceptors (Lipinski definition) is 1. The van der Waals surface area contributed by atoms with Crippen molar-refractivity contribution in [1.29, 1.82) is 0 Å². The maximum atomic E-state index is 12.0. The van der Waals surface area contributed by atoms with Crippen molar-refractivity contribution in [2.45, 2.75) is 19.3 Å². The van der Waals surface area contributed by atoms with Gasteiger partial charge in [-0.25, -0.2) is 0 Å². The minimum atomic E-state index is 0.0886. The predicted molar refractivity (Wildman–Crippen MR) is 70.1 cm³/mol. The second-order valence-corrected chi connectivity index (χ2v) is 6.29. The fraction of sp³-hybridized carbons (Fsp3) is 0.562. The van der Waals surface area contributed by atoms with E-state index in [1.54, 1.807) is 0 Å². The Bertz CT molecular complexity index is 469. The predicted octanol–water partition coefficient (Wildman–Crippen LogP) is 2.71. The van der Waals surface area contributed by atoms with Gasteiger partial charge >= 0.3 is 0 Å². The van der Waals surface area contributed by atoms with E-state index in [1.165, 1.54) is 19.3 Å². The first-order valence-electron chi connectivity index (χ1n) is 7.16. The minimum Gasteiger partial charge on any atom is -0.352 e.